The van der Waals surface area contributed by atoms with Crippen LogP contribution in [0.25, 0.3) is 0 Å². The van der Waals surface area contributed by atoms with E-state index in [0.717, 1.165) is 0 Å². The van der Waals surface area contributed by atoms with Crippen LogP contribution in [0.5, 0.6) is 0 Å². The third kappa shape index (κ3) is 3.66. The Bertz CT molecular complexity index is 132. The lowest BCUT2D eigenvalue weighted by Gasteiger charge is -1.97. The Labute approximate surface area is 52.7 Å². The van der Waals surface area contributed by atoms with Gasteiger partial charge in [-0.25, -0.2) is 0 Å². The molecule has 0 saturated carbocycles. The van der Waals surface area contributed by atoms with Crippen molar-refractivity contribution in [3.8, 4) is 0 Å². The van der Waals surface area contributed by atoms with Gasteiger partial charge >= 0.3 is 5.97 Å². The van der Waals surface area contributed by atoms with Crippen LogP contribution in [0.1, 0.15) is 13.3 Å². The molecular formula is C5H10NO3+. The third-order valence-electron chi connectivity index (χ3n) is 0.996. The van der Waals surface area contributed by atoms with Crippen molar-refractivity contribution in [3.63, 3.8) is 0 Å². The molecule has 4 nitrogen and oxygen atoms in total. The summed E-state index contributed by atoms with van der Waals surface area (Å²) in [6.45, 7) is 1.33. The molecule has 4 N–H and O–H groups in total. The zero-order valence-corrected chi connectivity index (χ0v) is 5.26. The Kier molecular flexibility index (Phi) is 2.87. The van der Waals surface area contributed by atoms with E-state index in [2.05, 4.69) is 5.73 Å². The van der Waals surface area contributed by atoms with Crippen molar-refractivity contribution in [3.05, 3.63) is 0 Å². The van der Waals surface area contributed by atoms with Crippen LogP contribution in [-0.2, 0) is 9.59 Å². The first-order chi connectivity index (χ1) is 4.04. The number of Topliss-reactive ketones (excluding diaryl/α,β-unsaturated/α-hetero) is 1. The van der Waals surface area contributed by atoms with Crippen molar-refractivity contribution >= 4 is 11.8 Å². The highest BCUT2D eigenvalue weighted by atomic mass is 16.4. The minimum absolute atomic E-state index is 0.171. The highest BCUT2D eigenvalue weighted by Gasteiger charge is 2.15. The molecule has 0 aliphatic carbocycles. The Hall–Kier alpha value is -0.900. The zero-order valence-electron chi connectivity index (χ0n) is 5.26. The predicted octanol–water partition coefficient (Wildman–Crippen LogP) is -1.34. The van der Waals surface area contributed by atoms with Crippen LogP contribution in [0.2, 0.25) is 0 Å². The summed E-state index contributed by atoms with van der Waals surface area (Å²) in [6, 6.07) is -0.595. The van der Waals surface area contributed by atoms with Crippen molar-refractivity contribution in [2.75, 3.05) is 0 Å². The number of carbonyl (C=O) groups excluding carboxylic acids is 1. The van der Waals surface area contributed by atoms with Gasteiger partial charge in [-0.1, -0.05) is 0 Å². The number of rotatable bonds is 3. The first-order valence-electron chi connectivity index (χ1n) is 2.59. The van der Waals surface area contributed by atoms with Crippen LogP contribution < -0.4 is 5.73 Å². The Morgan fingerprint density at radius 2 is 2.11 bits per heavy atom. The highest BCUT2D eigenvalue weighted by Crippen LogP contribution is 1.85. The lowest BCUT2D eigenvalue weighted by molar-refractivity contribution is -0.402. The van der Waals surface area contributed by atoms with E-state index in [9.17, 15) is 9.59 Å². The molecule has 0 radical (unpaired) electrons. The van der Waals surface area contributed by atoms with E-state index in [1.165, 1.54) is 6.92 Å². The molecule has 0 bridgehead atoms. The molecule has 0 rings (SSSR count). The largest absolute Gasteiger partial charge is 0.481 e. The van der Waals surface area contributed by atoms with Crippen LogP contribution >= 0.6 is 0 Å². The second kappa shape index (κ2) is 3.19. The van der Waals surface area contributed by atoms with Crippen molar-refractivity contribution < 1.29 is 20.4 Å². The second-order valence-electron chi connectivity index (χ2n) is 1.91. The molecule has 0 aliphatic rings. The van der Waals surface area contributed by atoms with Crippen LogP contribution in [0, 0.1) is 0 Å². The Morgan fingerprint density at radius 3 is 2.22 bits per heavy atom. The van der Waals surface area contributed by atoms with E-state index in [1.807, 2.05) is 0 Å². The summed E-state index contributed by atoms with van der Waals surface area (Å²) in [5.74, 6) is -1.16. The van der Waals surface area contributed by atoms with Crippen molar-refractivity contribution in [1.29, 1.82) is 0 Å². The van der Waals surface area contributed by atoms with E-state index in [-0.39, 0.29) is 12.2 Å². The summed E-state index contributed by atoms with van der Waals surface area (Å²) in [7, 11) is 0. The van der Waals surface area contributed by atoms with Crippen LogP contribution in [0.3, 0.4) is 0 Å². The van der Waals surface area contributed by atoms with Gasteiger partial charge in [0.1, 0.15) is 6.42 Å². The molecule has 52 valence electrons. The first-order valence-corrected chi connectivity index (χ1v) is 2.59. The van der Waals surface area contributed by atoms with Gasteiger partial charge in [-0.15, -0.1) is 0 Å². The summed E-state index contributed by atoms with van der Waals surface area (Å²) >= 11 is 0. The molecule has 0 aromatic heterocycles. The van der Waals surface area contributed by atoms with Gasteiger partial charge < -0.3 is 10.8 Å². The van der Waals surface area contributed by atoms with Gasteiger partial charge in [0.25, 0.3) is 0 Å². The maximum absolute atomic E-state index is 10.4. The quantitative estimate of drug-likeness (QED) is 0.498. The van der Waals surface area contributed by atoms with Gasteiger partial charge in [0.05, 0.1) is 0 Å². The van der Waals surface area contributed by atoms with Crippen LogP contribution in [0.4, 0.5) is 0 Å². The normalized spacial score (nSPS) is 12.7. The fraction of sp³-hybridized carbons (Fsp3) is 0.600. The third-order valence-corrected chi connectivity index (χ3v) is 0.996. The summed E-state index contributed by atoms with van der Waals surface area (Å²) in [4.78, 5) is 20.3. The van der Waals surface area contributed by atoms with Crippen molar-refractivity contribution in [1.82, 2.24) is 0 Å². The number of ketones is 1. The minimum Gasteiger partial charge on any atom is -0.481 e. The molecule has 0 aromatic carbocycles. The lowest BCUT2D eigenvalue weighted by atomic mass is 10.1. The SMILES string of the molecule is CC(=O)C([NH3+])CC(=O)O. The molecular weight excluding hydrogens is 122 g/mol. The van der Waals surface area contributed by atoms with E-state index in [4.69, 9.17) is 5.11 Å². The molecule has 0 aromatic rings. The summed E-state index contributed by atoms with van der Waals surface area (Å²) in [5.41, 5.74) is 3.35. The zero-order chi connectivity index (χ0) is 7.44. The van der Waals surface area contributed by atoms with Crippen LogP contribution in [-0.4, -0.2) is 22.9 Å². The number of quaternary nitrogens is 1. The molecule has 4 heteroatoms. The molecule has 0 amide bonds. The average molecular weight is 132 g/mol. The van der Waals surface area contributed by atoms with Gasteiger partial charge in [-0.2, -0.15) is 0 Å². The van der Waals surface area contributed by atoms with Crippen molar-refractivity contribution in [2.45, 2.75) is 19.4 Å². The maximum Gasteiger partial charge on any atom is 0.309 e. The van der Waals surface area contributed by atoms with E-state index < -0.39 is 12.0 Å². The molecule has 0 heterocycles. The van der Waals surface area contributed by atoms with Crippen LogP contribution in [0.15, 0.2) is 0 Å². The summed E-state index contributed by atoms with van der Waals surface area (Å²) in [6.07, 6.45) is -0.171. The Balaban J connectivity index is 3.63. The fourth-order valence-corrected chi connectivity index (χ4v) is 0.355. The van der Waals surface area contributed by atoms with Gasteiger partial charge in [0.2, 0.25) is 0 Å². The van der Waals surface area contributed by atoms with Gasteiger partial charge in [-0.05, 0) is 0 Å². The number of carboxylic acid groups (broad SMARTS) is 1. The smallest absolute Gasteiger partial charge is 0.309 e. The molecule has 0 saturated heterocycles. The van der Waals surface area contributed by atoms with E-state index >= 15 is 0 Å². The summed E-state index contributed by atoms with van der Waals surface area (Å²) in [5, 5.41) is 8.14. The number of carboxylic acids is 1. The molecule has 0 aliphatic heterocycles. The van der Waals surface area contributed by atoms with E-state index in [1.54, 1.807) is 0 Å². The monoisotopic (exact) mass is 132 g/mol. The predicted molar refractivity (Wildman–Crippen MR) is 29.6 cm³/mol. The average Bonchev–Trinajstić information content (AvgIpc) is 1.63. The lowest BCUT2D eigenvalue weighted by Crippen LogP contribution is -2.65. The fourth-order valence-electron chi connectivity index (χ4n) is 0.355. The van der Waals surface area contributed by atoms with Crippen molar-refractivity contribution in [2.24, 2.45) is 0 Å². The maximum atomic E-state index is 10.4. The second-order valence-corrected chi connectivity index (χ2v) is 1.91. The molecule has 1 unspecified atom stereocenters. The van der Waals surface area contributed by atoms with Gasteiger partial charge in [0, 0.05) is 6.92 Å². The number of hydrogen-bond donors (Lipinski definition) is 2. The van der Waals surface area contributed by atoms with Gasteiger partial charge in [0.15, 0.2) is 11.8 Å². The molecule has 1 atom stereocenters. The summed E-state index contributed by atoms with van der Waals surface area (Å²) < 4.78 is 0. The van der Waals surface area contributed by atoms with Gasteiger partial charge in [-0.3, -0.25) is 9.59 Å². The standard InChI is InChI=1S/C5H9NO3/c1-3(7)4(6)2-5(8)9/h4H,2,6H2,1H3,(H,8,9)/p+1. The topological polar surface area (TPSA) is 82.0 Å². The first kappa shape index (κ1) is 8.10. The molecule has 0 fully saturated rings. The number of aliphatic carboxylic acids is 1. The minimum atomic E-state index is -0.981. The van der Waals surface area contributed by atoms with E-state index in [0.29, 0.717) is 0 Å². The highest BCUT2D eigenvalue weighted by molar-refractivity contribution is 5.84. The molecule has 0 spiro atoms. The Morgan fingerprint density at radius 1 is 1.67 bits per heavy atom. The number of carbonyl (C=O) groups is 2. The molecule has 9 heavy (non-hydrogen) atoms. The number of hydrogen-bond acceptors (Lipinski definition) is 2.